The lowest BCUT2D eigenvalue weighted by molar-refractivity contribution is 0.728. The van der Waals surface area contributed by atoms with Crippen molar-refractivity contribution in [1.29, 1.82) is 5.26 Å². The van der Waals surface area contributed by atoms with E-state index in [0.29, 0.717) is 10.9 Å². The maximum Gasteiger partial charge on any atom is 0.142 e. The van der Waals surface area contributed by atoms with Crippen LogP contribution in [0, 0.1) is 11.3 Å². The zero-order valence-electron chi connectivity index (χ0n) is 9.39. The van der Waals surface area contributed by atoms with Crippen molar-refractivity contribution in [1.82, 2.24) is 4.98 Å². The molecule has 1 aliphatic rings. The van der Waals surface area contributed by atoms with Gasteiger partial charge in [0.2, 0.25) is 0 Å². The van der Waals surface area contributed by atoms with Crippen LogP contribution in [0.4, 0.5) is 5.69 Å². The molecule has 1 unspecified atom stereocenters. The van der Waals surface area contributed by atoms with Crippen molar-refractivity contribution >= 4 is 17.4 Å². The number of hydrogen-bond donors (Lipinski definition) is 0. The topological polar surface area (TPSA) is 39.9 Å². The van der Waals surface area contributed by atoms with Crippen molar-refractivity contribution in [2.75, 3.05) is 23.7 Å². The molecule has 1 fully saturated rings. The van der Waals surface area contributed by atoms with Gasteiger partial charge in [-0.3, -0.25) is 0 Å². The Morgan fingerprint density at radius 2 is 2.56 bits per heavy atom. The molecule has 0 aliphatic carbocycles. The molecular formula is C12H15N3S. The van der Waals surface area contributed by atoms with Gasteiger partial charge in [0.05, 0.1) is 0 Å². The smallest absolute Gasteiger partial charge is 0.142 e. The molecule has 1 aromatic heterocycles. The maximum atomic E-state index is 8.82. The van der Waals surface area contributed by atoms with Crippen molar-refractivity contribution in [2.45, 2.75) is 18.6 Å². The molecule has 0 amide bonds. The van der Waals surface area contributed by atoms with E-state index in [2.05, 4.69) is 22.9 Å². The molecule has 2 heterocycles. The van der Waals surface area contributed by atoms with Crippen LogP contribution in [-0.2, 0) is 0 Å². The zero-order valence-corrected chi connectivity index (χ0v) is 10.2. The van der Waals surface area contributed by atoms with E-state index in [-0.39, 0.29) is 0 Å². The molecule has 84 valence electrons. The Kier molecular flexibility index (Phi) is 3.68. The summed E-state index contributed by atoms with van der Waals surface area (Å²) in [6.45, 7) is 4.38. The number of anilines is 1. The number of nitrogens with zero attached hydrogens (tertiary/aromatic N) is 3. The van der Waals surface area contributed by atoms with Gasteiger partial charge in [-0.1, -0.05) is 6.92 Å². The molecule has 1 aromatic rings. The fourth-order valence-electron chi connectivity index (χ4n) is 1.88. The Morgan fingerprint density at radius 1 is 1.69 bits per heavy atom. The van der Waals surface area contributed by atoms with E-state index in [0.717, 1.165) is 18.8 Å². The van der Waals surface area contributed by atoms with Gasteiger partial charge in [-0.05, 0) is 18.6 Å². The van der Waals surface area contributed by atoms with Crippen molar-refractivity contribution in [3.8, 4) is 6.07 Å². The molecule has 1 aliphatic heterocycles. The lowest BCUT2D eigenvalue weighted by atomic mass is 10.2. The average molecular weight is 233 g/mol. The van der Waals surface area contributed by atoms with Crippen LogP contribution in [0.1, 0.15) is 19.0 Å². The first kappa shape index (κ1) is 11.3. The first-order valence-corrected chi connectivity index (χ1v) is 6.61. The molecular weight excluding hydrogens is 218 g/mol. The van der Waals surface area contributed by atoms with Crippen LogP contribution < -0.4 is 4.90 Å². The zero-order chi connectivity index (χ0) is 11.4. The second kappa shape index (κ2) is 5.22. The molecule has 0 aromatic carbocycles. The van der Waals surface area contributed by atoms with Gasteiger partial charge in [0.1, 0.15) is 11.8 Å². The normalized spacial score (nSPS) is 20.5. The molecule has 0 spiro atoms. The van der Waals surface area contributed by atoms with Crippen LogP contribution in [0.25, 0.3) is 0 Å². The van der Waals surface area contributed by atoms with E-state index in [1.54, 1.807) is 6.20 Å². The third kappa shape index (κ3) is 2.48. The lowest BCUT2D eigenvalue weighted by Gasteiger charge is -2.33. The molecule has 0 bridgehead atoms. The van der Waals surface area contributed by atoms with Crippen molar-refractivity contribution < 1.29 is 0 Å². The van der Waals surface area contributed by atoms with Crippen molar-refractivity contribution in [3.63, 3.8) is 0 Å². The quantitative estimate of drug-likeness (QED) is 0.785. The molecule has 1 saturated heterocycles. The van der Waals surface area contributed by atoms with E-state index in [9.17, 15) is 0 Å². The molecule has 0 radical (unpaired) electrons. The van der Waals surface area contributed by atoms with Crippen LogP contribution in [0.3, 0.4) is 0 Å². The van der Waals surface area contributed by atoms with Crippen LogP contribution >= 0.6 is 11.8 Å². The van der Waals surface area contributed by atoms with Gasteiger partial charge in [-0.15, -0.1) is 0 Å². The Balaban J connectivity index is 2.14. The van der Waals surface area contributed by atoms with Crippen LogP contribution in [0.5, 0.6) is 0 Å². The fourth-order valence-corrected chi connectivity index (χ4v) is 3.06. The van der Waals surface area contributed by atoms with E-state index >= 15 is 0 Å². The summed E-state index contributed by atoms with van der Waals surface area (Å²) in [5, 5.41) is 9.54. The monoisotopic (exact) mass is 233 g/mol. The summed E-state index contributed by atoms with van der Waals surface area (Å²) < 4.78 is 0. The van der Waals surface area contributed by atoms with E-state index in [1.165, 1.54) is 12.2 Å². The summed E-state index contributed by atoms with van der Waals surface area (Å²) in [4.78, 5) is 6.35. The maximum absolute atomic E-state index is 8.82. The minimum absolute atomic E-state index is 0.503. The third-order valence-electron chi connectivity index (χ3n) is 2.82. The number of hydrogen-bond acceptors (Lipinski definition) is 4. The summed E-state index contributed by atoms with van der Waals surface area (Å²) in [7, 11) is 0. The second-order valence-electron chi connectivity index (χ2n) is 3.86. The Hall–Kier alpha value is -1.21. The van der Waals surface area contributed by atoms with Crippen molar-refractivity contribution in [3.05, 3.63) is 24.0 Å². The number of thioether (sulfide) groups is 1. The van der Waals surface area contributed by atoms with E-state index < -0.39 is 0 Å². The molecule has 1 atom stereocenters. The van der Waals surface area contributed by atoms with Gasteiger partial charge in [-0.25, -0.2) is 4.98 Å². The van der Waals surface area contributed by atoms with Crippen LogP contribution in [0.2, 0.25) is 0 Å². The van der Waals surface area contributed by atoms with Crippen LogP contribution in [-0.4, -0.2) is 29.1 Å². The largest absolute Gasteiger partial charge is 0.369 e. The average Bonchev–Trinajstić information content (AvgIpc) is 2.39. The van der Waals surface area contributed by atoms with Crippen LogP contribution in [0.15, 0.2) is 18.3 Å². The minimum atomic E-state index is 0.503. The summed E-state index contributed by atoms with van der Waals surface area (Å²) in [5.41, 5.74) is 1.63. The molecule has 2 rings (SSSR count). The Morgan fingerprint density at radius 3 is 3.31 bits per heavy atom. The summed E-state index contributed by atoms with van der Waals surface area (Å²) in [5.74, 6) is 1.17. The highest BCUT2D eigenvalue weighted by atomic mass is 32.2. The third-order valence-corrected chi connectivity index (χ3v) is 4.19. The number of nitriles is 1. The molecule has 3 nitrogen and oxygen atoms in total. The minimum Gasteiger partial charge on any atom is -0.369 e. The summed E-state index contributed by atoms with van der Waals surface area (Å²) >= 11 is 2.05. The SMILES string of the molecule is CCC1CN(c2ccnc(C#N)c2)CCS1. The van der Waals surface area contributed by atoms with Gasteiger partial charge in [-0.2, -0.15) is 17.0 Å². The predicted molar refractivity (Wildman–Crippen MR) is 67.7 cm³/mol. The molecule has 0 saturated carbocycles. The Bertz CT molecular complexity index is 399. The Labute approximate surface area is 100 Å². The van der Waals surface area contributed by atoms with Gasteiger partial charge in [0.15, 0.2) is 0 Å². The highest BCUT2D eigenvalue weighted by molar-refractivity contribution is 8.00. The van der Waals surface area contributed by atoms with Crippen molar-refractivity contribution in [2.24, 2.45) is 0 Å². The predicted octanol–water partition coefficient (Wildman–Crippen LogP) is 2.29. The molecule has 0 N–H and O–H groups in total. The van der Waals surface area contributed by atoms with E-state index in [4.69, 9.17) is 5.26 Å². The highest BCUT2D eigenvalue weighted by Gasteiger charge is 2.19. The molecule has 16 heavy (non-hydrogen) atoms. The highest BCUT2D eigenvalue weighted by Crippen LogP contribution is 2.25. The first-order chi connectivity index (χ1) is 7.83. The summed E-state index contributed by atoms with van der Waals surface area (Å²) in [6.07, 6.45) is 2.92. The van der Waals surface area contributed by atoms with Gasteiger partial charge in [0.25, 0.3) is 0 Å². The standard InChI is InChI=1S/C12H15N3S/c1-2-12-9-15(5-6-16-12)11-3-4-14-10(7-11)8-13/h3-4,7,12H,2,5-6,9H2,1H3. The number of pyridine rings is 1. The van der Waals surface area contributed by atoms with Gasteiger partial charge in [0, 0.05) is 36.0 Å². The fraction of sp³-hybridized carbons (Fsp3) is 0.500. The second-order valence-corrected chi connectivity index (χ2v) is 5.27. The van der Waals surface area contributed by atoms with E-state index in [1.807, 2.05) is 23.9 Å². The first-order valence-electron chi connectivity index (χ1n) is 5.56. The van der Waals surface area contributed by atoms with Gasteiger partial charge >= 0.3 is 0 Å². The number of aromatic nitrogens is 1. The van der Waals surface area contributed by atoms with Gasteiger partial charge < -0.3 is 4.90 Å². The summed E-state index contributed by atoms with van der Waals surface area (Å²) in [6, 6.07) is 5.96. The number of rotatable bonds is 2. The lowest BCUT2D eigenvalue weighted by Crippen LogP contribution is -2.37. The molecule has 4 heteroatoms.